The molecule has 10 heavy (non-hydrogen) atoms. The van der Waals surface area contributed by atoms with Crippen LogP contribution in [0.4, 0.5) is 13.2 Å². The monoisotopic (exact) mass is 157 g/mol. The van der Waals surface area contributed by atoms with Gasteiger partial charge >= 0.3 is 6.18 Å². The molecule has 0 amide bonds. The van der Waals surface area contributed by atoms with Crippen LogP contribution < -0.4 is 5.73 Å². The van der Waals surface area contributed by atoms with Crippen molar-refractivity contribution in [2.75, 3.05) is 0 Å². The number of hydrogen-bond donors (Lipinski definition) is 2. The SMILES string of the molecule is CC(C)(N)[C@H](O)C(F)(F)F. The first-order valence-electron chi connectivity index (χ1n) is 2.69. The zero-order chi connectivity index (χ0) is 8.58. The third-order valence-corrected chi connectivity index (χ3v) is 1.01. The smallest absolute Gasteiger partial charge is 0.382 e. The summed E-state index contributed by atoms with van der Waals surface area (Å²) in [5.74, 6) is 0. The average Bonchev–Trinajstić information content (AvgIpc) is 1.59. The van der Waals surface area contributed by atoms with Gasteiger partial charge in [0.1, 0.15) is 0 Å². The fourth-order valence-corrected chi connectivity index (χ4v) is 0.422. The summed E-state index contributed by atoms with van der Waals surface area (Å²) in [4.78, 5) is 0. The van der Waals surface area contributed by atoms with Gasteiger partial charge in [0.2, 0.25) is 0 Å². The lowest BCUT2D eigenvalue weighted by atomic mass is 9.99. The van der Waals surface area contributed by atoms with E-state index in [1.165, 1.54) is 0 Å². The molecule has 0 bridgehead atoms. The molecule has 0 aromatic heterocycles. The summed E-state index contributed by atoms with van der Waals surface area (Å²) in [7, 11) is 0. The lowest BCUT2D eigenvalue weighted by Gasteiger charge is -2.27. The van der Waals surface area contributed by atoms with Gasteiger partial charge in [0.15, 0.2) is 6.10 Å². The molecule has 0 fully saturated rings. The van der Waals surface area contributed by atoms with Crippen molar-refractivity contribution in [3.8, 4) is 0 Å². The molecule has 3 N–H and O–H groups in total. The Hall–Kier alpha value is -0.290. The van der Waals surface area contributed by atoms with Gasteiger partial charge < -0.3 is 10.8 Å². The Labute approximate surface area is 56.8 Å². The van der Waals surface area contributed by atoms with Crippen LogP contribution in [0, 0.1) is 0 Å². The number of halogens is 3. The molecule has 0 aromatic rings. The fourth-order valence-electron chi connectivity index (χ4n) is 0.422. The molecule has 0 aliphatic heterocycles. The summed E-state index contributed by atoms with van der Waals surface area (Å²) in [5.41, 5.74) is 3.37. The van der Waals surface area contributed by atoms with Crippen LogP contribution in [-0.4, -0.2) is 22.9 Å². The van der Waals surface area contributed by atoms with Crippen LogP contribution >= 0.6 is 0 Å². The maximum Gasteiger partial charge on any atom is 0.416 e. The molecule has 0 heterocycles. The third-order valence-electron chi connectivity index (χ3n) is 1.01. The second kappa shape index (κ2) is 2.39. The Bertz CT molecular complexity index is 101. The number of alkyl halides is 3. The molecule has 1 atom stereocenters. The minimum atomic E-state index is -4.63. The lowest BCUT2D eigenvalue weighted by molar-refractivity contribution is -0.219. The zero-order valence-corrected chi connectivity index (χ0v) is 5.74. The van der Waals surface area contributed by atoms with Crippen molar-refractivity contribution in [2.45, 2.75) is 31.7 Å². The minimum Gasteiger partial charge on any atom is -0.382 e. The van der Waals surface area contributed by atoms with Gasteiger partial charge in [0.05, 0.1) is 0 Å². The average molecular weight is 157 g/mol. The van der Waals surface area contributed by atoms with Crippen molar-refractivity contribution in [1.82, 2.24) is 0 Å². The molecule has 0 rings (SSSR count). The molecule has 0 saturated heterocycles. The highest BCUT2D eigenvalue weighted by molar-refractivity contribution is 4.86. The van der Waals surface area contributed by atoms with Gasteiger partial charge in [-0.15, -0.1) is 0 Å². The van der Waals surface area contributed by atoms with Crippen LogP contribution in [0.3, 0.4) is 0 Å². The Kier molecular flexibility index (Phi) is 2.32. The van der Waals surface area contributed by atoms with Gasteiger partial charge in [-0.3, -0.25) is 0 Å². The van der Waals surface area contributed by atoms with Crippen LogP contribution in [-0.2, 0) is 0 Å². The Morgan fingerprint density at radius 2 is 1.60 bits per heavy atom. The minimum absolute atomic E-state index is 1.12. The summed E-state index contributed by atoms with van der Waals surface area (Å²) in [5, 5.41) is 8.47. The van der Waals surface area contributed by atoms with E-state index in [9.17, 15) is 13.2 Å². The summed E-state index contributed by atoms with van der Waals surface area (Å²) in [6, 6.07) is 0. The molecule has 62 valence electrons. The van der Waals surface area contributed by atoms with E-state index in [-0.39, 0.29) is 0 Å². The molecular weight excluding hydrogens is 147 g/mol. The number of nitrogens with two attached hydrogens (primary N) is 1. The number of hydrogen-bond acceptors (Lipinski definition) is 2. The number of aliphatic hydroxyl groups is 1. The summed E-state index contributed by atoms with van der Waals surface area (Å²) < 4.78 is 34.8. The van der Waals surface area contributed by atoms with Crippen LogP contribution in [0.15, 0.2) is 0 Å². The first kappa shape index (κ1) is 9.71. The van der Waals surface area contributed by atoms with Crippen LogP contribution in [0.5, 0.6) is 0 Å². The highest BCUT2D eigenvalue weighted by Gasteiger charge is 2.45. The van der Waals surface area contributed by atoms with Crippen LogP contribution in [0.25, 0.3) is 0 Å². The molecule has 2 nitrogen and oxygen atoms in total. The lowest BCUT2D eigenvalue weighted by Crippen LogP contribution is -2.52. The largest absolute Gasteiger partial charge is 0.416 e. The van der Waals surface area contributed by atoms with E-state index in [2.05, 4.69) is 0 Å². The molecule has 0 saturated carbocycles. The van der Waals surface area contributed by atoms with Crippen molar-refractivity contribution in [1.29, 1.82) is 0 Å². The van der Waals surface area contributed by atoms with E-state index in [0.29, 0.717) is 0 Å². The summed E-state index contributed by atoms with van der Waals surface area (Å²) in [6.45, 7) is 2.23. The Morgan fingerprint density at radius 3 is 1.60 bits per heavy atom. The van der Waals surface area contributed by atoms with E-state index >= 15 is 0 Å². The molecule has 0 spiro atoms. The molecule has 0 aliphatic rings. The summed E-state index contributed by atoms with van der Waals surface area (Å²) in [6.07, 6.45) is -7.09. The predicted octanol–water partition coefficient (Wildman–Crippen LogP) is 0.647. The summed E-state index contributed by atoms with van der Waals surface area (Å²) >= 11 is 0. The topological polar surface area (TPSA) is 46.2 Å². The fraction of sp³-hybridized carbons (Fsp3) is 1.00. The second-order valence-corrected chi connectivity index (χ2v) is 2.77. The first-order chi connectivity index (χ1) is 4.15. The molecule has 5 heteroatoms. The third kappa shape index (κ3) is 2.53. The van der Waals surface area contributed by atoms with E-state index in [1.807, 2.05) is 0 Å². The first-order valence-corrected chi connectivity index (χ1v) is 2.69. The zero-order valence-electron chi connectivity index (χ0n) is 5.74. The van der Waals surface area contributed by atoms with E-state index in [0.717, 1.165) is 13.8 Å². The van der Waals surface area contributed by atoms with Crippen molar-refractivity contribution >= 4 is 0 Å². The van der Waals surface area contributed by atoms with Crippen LogP contribution in [0.2, 0.25) is 0 Å². The Balaban J connectivity index is 4.23. The van der Waals surface area contributed by atoms with Crippen molar-refractivity contribution in [3.63, 3.8) is 0 Å². The quantitative estimate of drug-likeness (QED) is 0.587. The van der Waals surface area contributed by atoms with Gasteiger partial charge in [0.25, 0.3) is 0 Å². The normalized spacial score (nSPS) is 17.1. The number of aliphatic hydroxyl groups excluding tert-OH is 1. The van der Waals surface area contributed by atoms with Gasteiger partial charge in [-0.2, -0.15) is 13.2 Å². The standard InChI is InChI=1S/C5H10F3NO/c1-4(2,9)3(10)5(6,7)8/h3,10H,9H2,1-2H3/t3-/m0/s1. The van der Waals surface area contributed by atoms with E-state index < -0.39 is 17.8 Å². The van der Waals surface area contributed by atoms with Gasteiger partial charge in [0, 0.05) is 5.54 Å². The van der Waals surface area contributed by atoms with Gasteiger partial charge in [-0.25, -0.2) is 0 Å². The maximum absolute atomic E-state index is 11.6. The second-order valence-electron chi connectivity index (χ2n) is 2.77. The molecule has 0 radical (unpaired) electrons. The highest BCUT2D eigenvalue weighted by Crippen LogP contribution is 2.25. The molecule has 0 aliphatic carbocycles. The van der Waals surface area contributed by atoms with Gasteiger partial charge in [-0.1, -0.05) is 0 Å². The predicted molar refractivity (Wildman–Crippen MR) is 30.3 cm³/mol. The van der Waals surface area contributed by atoms with Crippen LogP contribution in [0.1, 0.15) is 13.8 Å². The van der Waals surface area contributed by atoms with Gasteiger partial charge in [-0.05, 0) is 13.8 Å². The molecular formula is C5H10F3NO. The maximum atomic E-state index is 11.6. The van der Waals surface area contributed by atoms with E-state index in [4.69, 9.17) is 10.8 Å². The highest BCUT2D eigenvalue weighted by atomic mass is 19.4. The van der Waals surface area contributed by atoms with E-state index in [1.54, 1.807) is 0 Å². The number of rotatable bonds is 1. The van der Waals surface area contributed by atoms with Crippen molar-refractivity contribution in [2.24, 2.45) is 5.73 Å². The Morgan fingerprint density at radius 1 is 1.30 bits per heavy atom. The van der Waals surface area contributed by atoms with Crippen molar-refractivity contribution in [3.05, 3.63) is 0 Å². The molecule has 0 aromatic carbocycles. The molecule has 0 unspecified atom stereocenters. The van der Waals surface area contributed by atoms with Crippen molar-refractivity contribution < 1.29 is 18.3 Å².